The molecule has 0 radical (unpaired) electrons. The first-order valence-electron chi connectivity index (χ1n) is 4.03. The van der Waals surface area contributed by atoms with E-state index in [1.54, 1.807) is 0 Å². The van der Waals surface area contributed by atoms with Crippen LogP contribution in [0.5, 0.6) is 0 Å². The molecule has 0 aliphatic carbocycles. The first-order chi connectivity index (χ1) is 7.06. The highest BCUT2D eigenvalue weighted by molar-refractivity contribution is 9.10. The van der Waals surface area contributed by atoms with Crippen LogP contribution in [0.3, 0.4) is 0 Å². The zero-order chi connectivity index (χ0) is 11.4. The molecule has 0 aromatic carbocycles. The van der Waals surface area contributed by atoms with Gasteiger partial charge in [-0.05, 0) is 21.5 Å². The monoisotopic (exact) mass is 279 g/mol. The van der Waals surface area contributed by atoms with Crippen molar-refractivity contribution >= 4 is 21.9 Å². The summed E-state index contributed by atoms with van der Waals surface area (Å²) in [6, 6.07) is 0. The summed E-state index contributed by atoms with van der Waals surface area (Å²) in [6.45, 7) is 0. The Bertz CT molecular complexity index is 371. The topological polar surface area (TPSA) is 39.2 Å². The largest absolute Gasteiger partial charge is 0.469 e. The molecule has 0 aliphatic rings. The summed E-state index contributed by atoms with van der Waals surface area (Å²) < 4.78 is 29.9. The van der Waals surface area contributed by atoms with Crippen LogP contribution in [0.4, 0.5) is 8.78 Å². The van der Waals surface area contributed by atoms with Crippen LogP contribution in [-0.2, 0) is 16.0 Å². The second-order valence-electron chi connectivity index (χ2n) is 2.74. The third-order valence-corrected chi connectivity index (χ3v) is 2.51. The quantitative estimate of drug-likeness (QED) is 0.798. The molecular formula is C9H8BrF2NO2. The van der Waals surface area contributed by atoms with Crippen LogP contribution in [0.1, 0.15) is 17.6 Å². The van der Waals surface area contributed by atoms with Gasteiger partial charge in [-0.3, -0.25) is 9.78 Å². The Morgan fingerprint density at radius 1 is 1.60 bits per heavy atom. The van der Waals surface area contributed by atoms with Crippen molar-refractivity contribution in [3.05, 3.63) is 28.0 Å². The molecule has 0 saturated carbocycles. The number of nitrogens with zero attached hydrogens (tertiary/aromatic N) is 1. The maximum absolute atomic E-state index is 12.5. The number of alkyl halides is 2. The molecule has 0 aliphatic heterocycles. The van der Waals surface area contributed by atoms with Gasteiger partial charge in [0.15, 0.2) is 0 Å². The predicted octanol–water partition coefficient (Wildman–Crippen LogP) is 2.50. The molecule has 0 bridgehead atoms. The minimum Gasteiger partial charge on any atom is -0.469 e. The number of hydrogen-bond donors (Lipinski definition) is 0. The summed E-state index contributed by atoms with van der Waals surface area (Å²) in [5.74, 6) is -0.566. The SMILES string of the molecule is COC(=O)Cc1c(Br)cncc1C(F)F. The Labute approximate surface area is 93.6 Å². The van der Waals surface area contributed by atoms with E-state index in [1.807, 2.05) is 0 Å². The van der Waals surface area contributed by atoms with Gasteiger partial charge in [0.05, 0.1) is 13.5 Å². The highest BCUT2D eigenvalue weighted by atomic mass is 79.9. The van der Waals surface area contributed by atoms with Crippen LogP contribution in [-0.4, -0.2) is 18.1 Å². The lowest BCUT2D eigenvalue weighted by Gasteiger charge is -2.08. The average molecular weight is 280 g/mol. The Morgan fingerprint density at radius 3 is 2.80 bits per heavy atom. The van der Waals surface area contributed by atoms with Gasteiger partial charge in [-0.15, -0.1) is 0 Å². The zero-order valence-corrected chi connectivity index (χ0v) is 9.42. The van der Waals surface area contributed by atoms with E-state index in [0.29, 0.717) is 4.47 Å². The van der Waals surface area contributed by atoms with Gasteiger partial charge < -0.3 is 4.74 Å². The predicted molar refractivity (Wildman–Crippen MR) is 52.6 cm³/mol. The maximum atomic E-state index is 12.5. The van der Waals surface area contributed by atoms with Gasteiger partial charge in [-0.2, -0.15) is 0 Å². The van der Waals surface area contributed by atoms with Crippen molar-refractivity contribution in [2.75, 3.05) is 7.11 Å². The standard InChI is InChI=1S/C9H8BrF2NO2/c1-15-8(14)2-5-6(9(11)12)3-13-4-7(5)10/h3-4,9H,2H2,1H3. The van der Waals surface area contributed by atoms with Crippen molar-refractivity contribution in [2.45, 2.75) is 12.8 Å². The summed E-state index contributed by atoms with van der Waals surface area (Å²) in [4.78, 5) is 14.6. The van der Waals surface area contributed by atoms with Crippen LogP contribution in [0.25, 0.3) is 0 Å². The number of halogens is 3. The van der Waals surface area contributed by atoms with E-state index < -0.39 is 12.4 Å². The molecule has 0 spiro atoms. The Morgan fingerprint density at radius 2 is 2.27 bits per heavy atom. The summed E-state index contributed by atoms with van der Waals surface area (Å²) in [6.07, 6.45) is -0.438. The molecular weight excluding hydrogens is 272 g/mol. The highest BCUT2D eigenvalue weighted by Crippen LogP contribution is 2.27. The van der Waals surface area contributed by atoms with Gasteiger partial charge in [0.1, 0.15) is 0 Å². The maximum Gasteiger partial charge on any atom is 0.310 e. The fraction of sp³-hybridized carbons (Fsp3) is 0.333. The Hall–Kier alpha value is -1.04. The number of ether oxygens (including phenoxy) is 1. The van der Waals surface area contributed by atoms with Crippen LogP contribution < -0.4 is 0 Å². The Kier molecular flexibility index (Phi) is 4.14. The van der Waals surface area contributed by atoms with E-state index in [4.69, 9.17) is 0 Å². The summed E-state index contributed by atoms with van der Waals surface area (Å²) >= 11 is 3.07. The van der Waals surface area contributed by atoms with Crippen molar-refractivity contribution < 1.29 is 18.3 Å². The molecule has 1 aromatic heterocycles. The molecule has 0 saturated heterocycles. The van der Waals surface area contributed by atoms with Crippen molar-refractivity contribution in [3.8, 4) is 0 Å². The van der Waals surface area contributed by atoms with Crippen molar-refractivity contribution in [2.24, 2.45) is 0 Å². The van der Waals surface area contributed by atoms with Crippen LogP contribution in [0, 0.1) is 0 Å². The van der Waals surface area contributed by atoms with E-state index in [9.17, 15) is 13.6 Å². The minimum absolute atomic E-state index is 0.195. The molecule has 3 nitrogen and oxygen atoms in total. The molecule has 0 N–H and O–H groups in total. The van der Waals surface area contributed by atoms with Gasteiger partial charge in [-0.25, -0.2) is 8.78 Å². The lowest BCUT2D eigenvalue weighted by atomic mass is 10.1. The number of carbonyl (C=O) groups is 1. The molecule has 1 heterocycles. The van der Waals surface area contributed by atoms with E-state index in [-0.39, 0.29) is 17.5 Å². The first-order valence-corrected chi connectivity index (χ1v) is 4.82. The van der Waals surface area contributed by atoms with Crippen molar-refractivity contribution in [3.63, 3.8) is 0 Å². The molecule has 1 rings (SSSR count). The second-order valence-corrected chi connectivity index (χ2v) is 3.60. The summed E-state index contributed by atoms with van der Waals surface area (Å²) in [7, 11) is 1.21. The van der Waals surface area contributed by atoms with Crippen molar-refractivity contribution in [1.82, 2.24) is 4.98 Å². The molecule has 1 aromatic rings. The number of rotatable bonds is 3. The number of pyridine rings is 1. The van der Waals surface area contributed by atoms with E-state index >= 15 is 0 Å². The van der Waals surface area contributed by atoms with Gasteiger partial charge in [0.2, 0.25) is 0 Å². The molecule has 82 valence electrons. The third-order valence-electron chi connectivity index (χ3n) is 1.82. The molecule has 15 heavy (non-hydrogen) atoms. The van der Waals surface area contributed by atoms with Gasteiger partial charge in [0.25, 0.3) is 6.43 Å². The number of aromatic nitrogens is 1. The Balaban J connectivity index is 3.07. The highest BCUT2D eigenvalue weighted by Gasteiger charge is 2.18. The number of hydrogen-bond acceptors (Lipinski definition) is 3. The van der Waals surface area contributed by atoms with E-state index in [0.717, 1.165) is 6.20 Å². The fourth-order valence-corrected chi connectivity index (χ4v) is 1.56. The van der Waals surface area contributed by atoms with E-state index in [1.165, 1.54) is 13.3 Å². The summed E-state index contributed by atoms with van der Waals surface area (Å²) in [5.41, 5.74) is -0.0402. The van der Waals surface area contributed by atoms with Gasteiger partial charge >= 0.3 is 5.97 Å². The molecule has 0 fully saturated rings. The fourth-order valence-electron chi connectivity index (χ4n) is 1.07. The normalized spacial score (nSPS) is 10.5. The van der Waals surface area contributed by atoms with Crippen LogP contribution in [0.2, 0.25) is 0 Å². The summed E-state index contributed by atoms with van der Waals surface area (Å²) in [5, 5.41) is 0. The third kappa shape index (κ3) is 2.95. The minimum atomic E-state index is -2.66. The molecule has 0 atom stereocenters. The lowest BCUT2D eigenvalue weighted by molar-refractivity contribution is -0.139. The average Bonchev–Trinajstić information content (AvgIpc) is 2.20. The van der Waals surface area contributed by atoms with Crippen molar-refractivity contribution in [1.29, 1.82) is 0 Å². The zero-order valence-electron chi connectivity index (χ0n) is 7.84. The van der Waals surface area contributed by atoms with Gasteiger partial charge in [-0.1, -0.05) is 0 Å². The van der Waals surface area contributed by atoms with Crippen LogP contribution in [0.15, 0.2) is 16.9 Å². The molecule has 6 heteroatoms. The second kappa shape index (κ2) is 5.16. The number of carbonyl (C=O) groups excluding carboxylic acids is 1. The number of esters is 1. The van der Waals surface area contributed by atoms with Crippen LogP contribution >= 0.6 is 15.9 Å². The molecule has 0 amide bonds. The molecule has 0 unspecified atom stereocenters. The van der Waals surface area contributed by atoms with Gasteiger partial charge in [0, 0.05) is 22.4 Å². The first kappa shape index (κ1) is 12.0. The smallest absolute Gasteiger partial charge is 0.310 e. The van der Waals surface area contributed by atoms with E-state index in [2.05, 4.69) is 25.7 Å². The number of methoxy groups -OCH3 is 1. The lowest BCUT2D eigenvalue weighted by Crippen LogP contribution is -2.08.